The molecule has 1 saturated carbocycles. The van der Waals surface area contributed by atoms with Crippen LogP contribution in [0.5, 0.6) is 0 Å². The van der Waals surface area contributed by atoms with E-state index in [1.807, 2.05) is 12.1 Å². The predicted octanol–water partition coefficient (Wildman–Crippen LogP) is 4.49. The van der Waals surface area contributed by atoms with E-state index in [4.69, 9.17) is 0 Å². The Balaban J connectivity index is 1.72. The predicted molar refractivity (Wildman–Crippen MR) is 78.8 cm³/mol. The van der Waals surface area contributed by atoms with Gasteiger partial charge in [0.05, 0.1) is 0 Å². The van der Waals surface area contributed by atoms with E-state index in [2.05, 4.69) is 26.1 Å². The normalized spacial score (nSPS) is 25.7. The highest BCUT2D eigenvalue weighted by Crippen LogP contribution is 2.37. The molecule has 106 valence electrons. The average Bonchev–Trinajstić information content (AvgIpc) is 2.34. The van der Waals surface area contributed by atoms with Crippen LogP contribution in [-0.4, -0.2) is 12.1 Å². The molecule has 0 heterocycles. The number of hydrogen-bond donors (Lipinski definition) is 1. The van der Waals surface area contributed by atoms with Gasteiger partial charge in [0.1, 0.15) is 5.82 Å². The number of hydrogen-bond acceptors (Lipinski definition) is 1. The fraction of sp³-hybridized carbons (Fsp3) is 0.647. The van der Waals surface area contributed by atoms with E-state index < -0.39 is 0 Å². The van der Waals surface area contributed by atoms with Crippen LogP contribution in [0.15, 0.2) is 24.3 Å². The molecule has 0 spiro atoms. The number of rotatable bonds is 6. The quantitative estimate of drug-likeness (QED) is 0.797. The molecule has 1 aromatic carbocycles. The Bertz CT molecular complexity index is 381. The van der Waals surface area contributed by atoms with Gasteiger partial charge in [0, 0.05) is 12.1 Å². The molecule has 0 aliphatic heterocycles. The largest absolute Gasteiger partial charge is 0.311 e. The van der Waals surface area contributed by atoms with Crippen LogP contribution in [0.4, 0.5) is 4.39 Å². The Morgan fingerprint density at radius 1 is 1.21 bits per heavy atom. The van der Waals surface area contributed by atoms with Crippen LogP contribution in [0, 0.1) is 11.7 Å². The third-order valence-corrected chi connectivity index (χ3v) is 4.45. The summed E-state index contributed by atoms with van der Waals surface area (Å²) >= 11 is 0. The summed E-state index contributed by atoms with van der Waals surface area (Å²) in [5, 5.41) is 3.72. The van der Waals surface area contributed by atoms with E-state index in [1.165, 1.54) is 31.2 Å². The third kappa shape index (κ3) is 4.04. The van der Waals surface area contributed by atoms with E-state index in [9.17, 15) is 4.39 Å². The van der Waals surface area contributed by atoms with Crippen molar-refractivity contribution in [2.45, 2.75) is 64.5 Å². The van der Waals surface area contributed by atoms with Gasteiger partial charge >= 0.3 is 0 Å². The maximum absolute atomic E-state index is 12.9. The van der Waals surface area contributed by atoms with Crippen molar-refractivity contribution in [1.29, 1.82) is 0 Å². The number of nitrogens with one attached hydrogen (secondary N) is 1. The zero-order valence-corrected chi connectivity index (χ0v) is 12.3. The van der Waals surface area contributed by atoms with Crippen LogP contribution in [0.25, 0.3) is 0 Å². The molecule has 0 radical (unpaired) electrons. The Morgan fingerprint density at radius 3 is 2.42 bits per heavy atom. The molecule has 0 saturated heterocycles. The molecule has 1 aliphatic carbocycles. The van der Waals surface area contributed by atoms with Gasteiger partial charge < -0.3 is 5.32 Å². The molecular formula is C17H26FN. The topological polar surface area (TPSA) is 12.0 Å². The van der Waals surface area contributed by atoms with Gasteiger partial charge in [-0.2, -0.15) is 0 Å². The van der Waals surface area contributed by atoms with Crippen LogP contribution in [0.1, 0.15) is 57.9 Å². The van der Waals surface area contributed by atoms with Crippen molar-refractivity contribution >= 4 is 0 Å². The van der Waals surface area contributed by atoms with E-state index in [-0.39, 0.29) is 5.82 Å². The zero-order valence-electron chi connectivity index (χ0n) is 12.3. The summed E-state index contributed by atoms with van der Waals surface area (Å²) in [6, 6.07) is 8.25. The zero-order chi connectivity index (χ0) is 13.8. The van der Waals surface area contributed by atoms with Gasteiger partial charge in [0.15, 0.2) is 0 Å². The van der Waals surface area contributed by atoms with Crippen LogP contribution in [0.3, 0.4) is 0 Å². The minimum absolute atomic E-state index is 0.139. The molecule has 0 bridgehead atoms. The summed E-state index contributed by atoms with van der Waals surface area (Å²) in [6.45, 7) is 6.86. The minimum Gasteiger partial charge on any atom is -0.311 e. The average molecular weight is 263 g/mol. The Kier molecular flexibility index (Phi) is 4.98. The highest BCUT2D eigenvalue weighted by molar-refractivity contribution is 5.23. The summed E-state index contributed by atoms with van der Waals surface area (Å²) < 4.78 is 12.9. The molecule has 0 amide bonds. The molecule has 1 N–H and O–H groups in total. The van der Waals surface area contributed by atoms with E-state index in [0.29, 0.717) is 18.0 Å². The van der Waals surface area contributed by atoms with Gasteiger partial charge in [-0.1, -0.05) is 32.4 Å². The molecular weight excluding hydrogens is 237 g/mol. The second-order valence-electron chi connectivity index (χ2n) is 6.23. The maximum atomic E-state index is 12.9. The highest BCUT2D eigenvalue weighted by Gasteiger charge is 2.30. The first-order valence-corrected chi connectivity index (χ1v) is 7.60. The van der Waals surface area contributed by atoms with Crippen LogP contribution in [0.2, 0.25) is 0 Å². The molecule has 1 fully saturated rings. The fourth-order valence-electron chi connectivity index (χ4n) is 3.00. The molecule has 0 aromatic heterocycles. The van der Waals surface area contributed by atoms with Gasteiger partial charge in [0.2, 0.25) is 0 Å². The third-order valence-electron chi connectivity index (χ3n) is 4.45. The SMILES string of the molecule is CCC(C)CC(C)NC1CC(c2ccc(F)cc2)C1. The molecule has 1 nitrogen and oxygen atoms in total. The number of halogens is 1. The lowest BCUT2D eigenvalue weighted by atomic mass is 9.75. The van der Waals surface area contributed by atoms with Crippen molar-refractivity contribution in [3.05, 3.63) is 35.6 Å². The van der Waals surface area contributed by atoms with Gasteiger partial charge in [0.25, 0.3) is 0 Å². The Labute approximate surface area is 116 Å². The molecule has 19 heavy (non-hydrogen) atoms. The summed E-state index contributed by atoms with van der Waals surface area (Å²) in [5.74, 6) is 1.28. The second kappa shape index (κ2) is 6.51. The van der Waals surface area contributed by atoms with Gasteiger partial charge in [-0.15, -0.1) is 0 Å². The van der Waals surface area contributed by atoms with Crippen molar-refractivity contribution in [2.24, 2.45) is 5.92 Å². The molecule has 2 rings (SSSR count). The van der Waals surface area contributed by atoms with Crippen molar-refractivity contribution in [3.63, 3.8) is 0 Å². The molecule has 1 aromatic rings. The summed E-state index contributed by atoms with van der Waals surface area (Å²) in [4.78, 5) is 0. The van der Waals surface area contributed by atoms with Crippen molar-refractivity contribution in [3.8, 4) is 0 Å². The van der Waals surface area contributed by atoms with Crippen LogP contribution in [-0.2, 0) is 0 Å². The molecule has 2 heteroatoms. The molecule has 1 aliphatic rings. The standard InChI is InChI=1S/C17H26FN/c1-4-12(2)9-13(3)19-17-10-15(11-17)14-5-7-16(18)8-6-14/h5-8,12-13,15,17,19H,4,9-11H2,1-3H3. The minimum atomic E-state index is -0.139. The highest BCUT2D eigenvalue weighted by atomic mass is 19.1. The Hall–Kier alpha value is -0.890. The lowest BCUT2D eigenvalue weighted by molar-refractivity contribution is 0.254. The lowest BCUT2D eigenvalue weighted by Crippen LogP contribution is -2.44. The lowest BCUT2D eigenvalue weighted by Gasteiger charge is -2.38. The second-order valence-corrected chi connectivity index (χ2v) is 6.23. The summed E-state index contributed by atoms with van der Waals surface area (Å²) in [6.07, 6.45) is 4.90. The van der Waals surface area contributed by atoms with Gasteiger partial charge in [-0.25, -0.2) is 4.39 Å². The summed E-state index contributed by atoms with van der Waals surface area (Å²) in [5.41, 5.74) is 1.29. The molecule has 2 atom stereocenters. The first kappa shape index (κ1) is 14.5. The van der Waals surface area contributed by atoms with Gasteiger partial charge in [-0.3, -0.25) is 0 Å². The molecule has 2 unspecified atom stereocenters. The smallest absolute Gasteiger partial charge is 0.123 e. The summed E-state index contributed by atoms with van der Waals surface area (Å²) in [7, 11) is 0. The van der Waals surface area contributed by atoms with Crippen molar-refractivity contribution in [2.75, 3.05) is 0 Å². The van der Waals surface area contributed by atoms with Crippen LogP contribution >= 0.6 is 0 Å². The fourth-order valence-corrected chi connectivity index (χ4v) is 3.00. The number of benzene rings is 1. The maximum Gasteiger partial charge on any atom is 0.123 e. The van der Waals surface area contributed by atoms with Crippen LogP contribution < -0.4 is 5.32 Å². The first-order chi connectivity index (χ1) is 9.08. The van der Waals surface area contributed by atoms with Crippen molar-refractivity contribution < 1.29 is 4.39 Å². The monoisotopic (exact) mass is 263 g/mol. The first-order valence-electron chi connectivity index (χ1n) is 7.60. The van der Waals surface area contributed by atoms with E-state index in [0.717, 1.165) is 5.92 Å². The van der Waals surface area contributed by atoms with E-state index in [1.54, 1.807) is 12.1 Å². The van der Waals surface area contributed by atoms with Gasteiger partial charge in [-0.05, 0) is 55.7 Å². The van der Waals surface area contributed by atoms with E-state index >= 15 is 0 Å². The van der Waals surface area contributed by atoms with Crippen molar-refractivity contribution in [1.82, 2.24) is 5.32 Å². The Morgan fingerprint density at radius 2 is 1.84 bits per heavy atom.